The fraction of sp³-hybridized carbons (Fsp3) is 0.571. The molecule has 3 atom stereocenters. The van der Waals surface area contributed by atoms with Gasteiger partial charge in [0.2, 0.25) is 0 Å². The molecule has 1 heterocycles. The first-order chi connectivity index (χ1) is 7.54. The second-order valence-corrected chi connectivity index (χ2v) is 5.18. The summed E-state index contributed by atoms with van der Waals surface area (Å²) in [6.45, 7) is 5.27. The summed E-state index contributed by atoms with van der Waals surface area (Å²) >= 11 is 0. The van der Waals surface area contributed by atoms with Gasteiger partial charge in [-0.3, -0.25) is 0 Å². The number of hydrogen-bond acceptors (Lipinski definition) is 2. The lowest BCUT2D eigenvalue weighted by molar-refractivity contribution is -0.0843. The van der Waals surface area contributed by atoms with Crippen LogP contribution in [0.4, 0.5) is 0 Å². The maximum absolute atomic E-state index is 10.9. The summed E-state index contributed by atoms with van der Waals surface area (Å²) in [6, 6.07) is 10.5. The molecule has 0 saturated carbocycles. The Morgan fingerprint density at radius 1 is 1.25 bits per heavy atom. The average molecular weight is 219 g/mol. The number of piperidine rings is 1. The van der Waals surface area contributed by atoms with E-state index in [0.29, 0.717) is 6.04 Å². The Morgan fingerprint density at radius 3 is 2.50 bits per heavy atom. The smallest absolute Gasteiger partial charge is 0.0948 e. The molecule has 0 spiro atoms. The molecule has 3 unspecified atom stereocenters. The Bertz CT molecular complexity index is 351. The molecule has 1 aliphatic heterocycles. The molecule has 1 aromatic rings. The molecule has 88 valence electrons. The number of benzene rings is 1. The number of nitrogens with zero attached hydrogens (tertiary/aromatic N) is 1. The minimum absolute atomic E-state index is 0.274. The maximum Gasteiger partial charge on any atom is 0.0948 e. The van der Waals surface area contributed by atoms with E-state index in [9.17, 15) is 5.11 Å². The van der Waals surface area contributed by atoms with Gasteiger partial charge in [0.1, 0.15) is 0 Å². The zero-order valence-corrected chi connectivity index (χ0v) is 10.4. The van der Waals surface area contributed by atoms with Gasteiger partial charge in [0.15, 0.2) is 0 Å². The third-order valence-corrected chi connectivity index (χ3v) is 4.01. The van der Waals surface area contributed by atoms with E-state index in [1.807, 2.05) is 30.3 Å². The molecule has 0 radical (unpaired) electrons. The minimum atomic E-state index is -0.660. The lowest BCUT2D eigenvalue weighted by Gasteiger charge is -2.46. The van der Waals surface area contributed by atoms with Crippen LogP contribution >= 0.6 is 0 Å². The zero-order chi connectivity index (χ0) is 11.8. The van der Waals surface area contributed by atoms with Crippen LogP contribution in [0.3, 0.4) is 0 Å². The van der Waals surface area contributed by atoms with Crippen molar-refractivity contribution < 1.29 is 5.11 Å². The van der Waals surface area contributed by atoms with Gasteiger partial charge in [0.25, 0.3) is 0 Å². The largest absolute Gasteiger partial charge is 0.385 e. The van der Waals surface area contributed by atoms with Crippen molar-refractivity contribution in [1.29, 1.82) is 0 Å². The Kier molecular flexibility index (Phi) is 3.04. The van der Waals surface area contributed by atoms with Gasteiger partial charge in [0.05, 0.1) is 5.60 Å². The molecule has 1 aromatic carbocycles. The summed E-state index contributed by atoms with van der Waals surface area (Å²) in [5, 5.41) is 10.9. The monoisotopic (exact) mass is 219 g/mol. The summed E-state index contributed by atoms with van der Waals surface area (Å²) in [7, 11) is 2.13. The predicted octanol–water partition coefficient (Wildman–Crippen LogP) is 2.23. The van der Waals surface area contributed by atoms with Crippen LogP contribution in [0.5, 0.6) is 0 Å². The summed E-state index contributed by atoms with van der Waals surface area (Å²) < 4.78 is 0. The number of likely N-dealkylation sites (tertiary alicyclic amines) is 1. The fourth-order valence-corrected chi connectivity index (χ4v) is 2.70. The predicted molar refractivity (Wildman–Crippen MR) is 66.2 cm³/mol. The van der Waals surface area contributed by atoms with Crippen molar-refractivity contribution in [1.82, 2.24) is 4.90 Å². The molecule has 1 aliphatic rings. The Hall–Kier alpha value is -0.860. The molecular weight excluding hydrogens is 198 g/mol. The van der Waals surface area contributed by atoms with Gasteiger partial charge in [-0.15, -0.1) is 0 Å². The van der Waals surface area contributed by atoms with Crippen molar-refractivity contribution in [2.24, 2.45) is 5.92 Å². The molecule has 1 saturated heterocycles. The van der Waals surface area contributed by atoms with Crippen LogP contribution < -0.4 is 0 Å². The van der Waals surface area contributed by atoms with Crippen LogP contribution in [-0.4, -0.2) is 29.6 Å². The van der Waals surface area contributed by atoms with E-state index in [0.717, 1.165) is 18.5 Å². The molecular formula is C14H21NO. The van der Waals surface area contributed by atoms with Gasteiger partial charge in [-0.25, -0.2) is 0 Å². The highest BCUT2D eigenvalue weighted by Gasteiger charge is 2.42. The first kappa shape index (κ1) is 11.6. The zero-order valence-electron chi connectivity index (χ0n) is 10.4. The van der Waals surface area contributed by atoms with Crippen LogP contribution in [0.25, 0.3) is 0 Å². The molecule has 2 rings (SSSR count). The Morgan fingerprint density at radius 2 is 1.88 bits per heavy atom. The highest BCUT2D eigenvalue weighted by molar-refractivity contribution is 5.24. The molecule has 16 heavy (non-hydrogen) atoms. The quantitative estimate of drug-likeness (QED) is 0.783. The Balaban J connectivity index is 2.31. The van der Waals surface area contributed by atoms with Gasteiger partial charge >= 0.3 is 0 Å². The van der Waals surface area contributed by atoms with Crippen LogP contribution in [0.1, 0.15) is 25.8 Å². The van der Waals surface area contributed by atoms with Crippen LogP contribution in [0, 0.1) is 5.92 Å². The highest BCUT2D eigenvalue weighted by Crippen LogP contribution is 2.39. The normalized spacial score (nSPS) is 36.2. The molecule has 0 bridgehead atoms. The molecule has 1 N–H and O–H groups in total. The third-order valence-electron chi connectivity index (χ3n) is 4.01. The summed E-state index contributed by atoms with van der Waals surface area (Å²) in [6.07, 6.45) is 0.814. The van der Waals surface area contributed by atoms with Crippen LogP contribution in [0.2, 0.25) is 0 Å². The summed E-state index contributed by atoms with van der Waals surface area (Å²) in [4.78, 5) is 2.32. The van der Waals surface area contributed by atoms with E-state index in [2.05, 4.69) is 25.8 Å². The van der Waals surface area contributed by atoms with Crippen molar-refractivity contribution in [2.45, 2.75) is 31.9 Å². The van der Waals surface area contributed by atoms with Crippen molar-refractivity contribution in [3.05, 3.63) is 35.9 Å². The molecule has 0 aliphatic carbocycles. The van der Waals surface area contributed by atoms with E-state index < -0.39 is 5.60 Å². The van der Waals surface area contributed by atoms with Gasteiger partial charge in [0, 0.05) is 18.5 Å². The topological polar surface area (TPSA) is 23.5 Å². The average Bonchev–Trinajstić information content (AvgIpc) is 2.28. The standard InChI is InChI=1S/C14H21NO/c1-11-10-15(3)12(2)9-14(11,16)13-7-5-4-6-8-13/h4-8,11-12,16H,9-10H2,1-3H3. The summed E-state index contributed by atoms with van der Waals surface area (Å²) in [5.74, 6) is 0.274. The number of aliphatic hydroxyl groups is 1. The molecule has 2 nitrogen and oxygen atoms in total. The fourth-order valence-electron chi connectivity index (χ4n) is 2.70. The van der Waals surface area contributed by atoms with Crippen molar-refractivity contribution >= 4 is 0 Å². The molecule has 2 heteroatoms. The second kappa shape index (κ2) is 4.19. The van der Waals surface area contributed by atoms with Crippen LogP contribution in [-0.2, 0) is 5.60 Å². The lowest BCUT2D eigenvalue weighted by Crippen LogP contribution is -2.51. The first-order valence-corrected chi connectivity index (χ1v) is 6.02. The van der Waals surface area contributed by atoms with Gasteiger partial charge in [-0.2, -0.15) is 0 Å². The van der Waals surface area contributed by atoms with Crippen molar-refractivity contribution in [3.8, 4) is 0 Å². The van der Waals surface area contributed by atoms with Crippen LogP contribution in [0.15, 0.2) is 30.3 Å². The number of hydrogen-bond donors (Lipinski definition) is 1. The van der Waals surface area contributed by atoms with E-state index in [4.69, 9.17) is 0 Å². The van der Waals surface area contributed by atoms with Gasteiger partial charge < -0.3 is 10.0 Å². The Labute approximate surface area is 97.9 Å². The second-order valence-electron chi connectivity index (χ2n) is 5.18. The summed E-state index contributed by atoms with van der Waals surface area (Å²) in [5.41, 5.74) is 0.398. The van der Waals surface area contributed by atoms with Crippen molar-refractivity contribution in [3.63, 3.8) is 0 Å². The third kappa shape index (κ3) is 1.87. The lowest BCUT2D eigenvalue weighted by atomic mass is 9.74. The van der Waals surface area contributed by atoms with E-state index in [1.54, 1.807) is 0 Å². The minimum Gasteiger partial charge on any atom is -0.385 e. The highest BCUT2D eigenvalue weighted by atomic mass is 16.3. The first-order valence-electron chi connectivity index (χ1n) is 6.02. The number of rotatable bonds is 1. The molecule has 0 amide bonds. The van der Waals surface area contributed by atoms with Crippen molar-refractivity contribution in [2.75, 3.05) is 13.6 Å². The SMILES string of the molecule is CC1CC(O)(c2ccccc2)C(C)CN1C. The van der Waals surface area contributed by atoms with E-state index in [1.165, 1.54) is 0 Å². The maximum atomic E-state index is 10.9. The molecule has 1 fully saturated rings. The van der Waals surface area contributed by atoms with E-state index >= 15 is 0 Å². The van der Waals surface area contributed by atoms with E-state index in [-0.39, 0.29) is 5.92 Å². The molecule has 0 aromatic heterocycles. The van der Waals surface area contributed by atoms with Gasteiger partial charge in [-0.05, 0) is 26.0 Å². The van der Waals surface area contributed by atoms with Gasteiger partial charge in [-0.1, -0.05) is 37.3 Å².